The SMILES string of the molecule is CCOCCCN1CC(C(=O)N2C3CCC2Cn2c(nc4ccccc4c2=O)C3)CC1=O. The number of rotatable bonds is 6. The van der Waals surface area contributed by atoms with Gasteiger partial charge < -0.3 is 14.5 Å². The Kier molecular flexibility index (Phi) is 5.71. The zero-order chi connectivity index (χ0) is 22.2. The van der Waals surface area contributed by atoms with Crippen molar-refractivity contribution in [3.05, 3.63) is 40.4 Å². The summed E-state index contributed by atoms with van der Waals surface area (Å²) in [6.07, 6.45) is 3.44. The Labute approximate surface area is 187 Å². The van der Waals surface area contributed by atoms with Crippen LogP contribution in [0.2, 0.25) is 0 Å². The van der Waals surface area contributed by atoms with Gasteiger partial charge in [-0.3, -0.25) is 19.0 Å². The van der Waals surface area contributed by atoms with Gasteiger partial charge in [0.15, 0.2) is 0 Å². The van der Waals surface area contributed by atoms with Gasteiger partial charge in [-0.25, -0.2) is 4.98 Å². The maximum Gasteiger partial charge on any atom is 0.261 e. The summed E-state index contributed by atoms with van der Waals surface area (Å²) in [5.41, 5.74) is 0.686. The van der Waals surface area contributed by atoms with Crippen LogP contribution in [-0.4, -0.2) is 69.6 Å². The molecule has 0 saturated carbocycles. The predicted octanol–water partition coefficient (Wildman–Crippen LogP) is 1.59. The Morgan fingerprint density at radius 3 is 2.78 bits per heavy atom. The van der Waals surface area contributed by atoms with Gasteiger partial charge in [-0.1, -0.05) is 12.1 Å². The Morgan fingerprint density at radius 1 is 1.12 bits per heavy atom. The number of amides is 2. The lowest BCUT2D eigenvalue weighted by atomic mass is 10.1. The molecule has 3 aliphatic heterocycles. The highest BCUT2D eigenvalue weighted by Crippen LogP contribution is 2.34. The number of likely N-dealkylation sites (tertiary alicyclic amines) is 1. The van der Waals surface area contributed by atoms with E-state index in [1.165, 1.54) is 0 Å². The minimum Gasteiger partial charge on any atom is -0.382 e. The lowest BCUT2D eigenvalue weighted by Gasteiger charge is -2.30. The van der Waals surface area contributed by atoms with Gasteiger partial charge in [0.1, 0.15) is 5.82 Å². The fourth-order valence-electron chi connectivity index (χ4n) is 5.55. The normalized spacial score (nSPS) is 24.8. The van der Waals surface area contributed by atoms with Gasteiger partial charge in [0.2, 0.25) is 11.8 Å². The Hall–Kier alpha value is -2.74. The Bertz CT molecular complexity index is 1100. The fourth-order valence-corrected chi connectivity index (χ4v) is 5.55. The highest BCUT2D eigenvalue weighted by atomic mass is 16.5. The van der Waals surface area contributed by atoms with E-state index in [2.05, 4.69) is 0 Å². The van der Waals surface area contributed by atoms with E-state index in [-0.39, 0.29) is 41.8 Å². The molecule has 1 aromatic heterocycles. The number of hydrogen-bond donors (Lipinski definition) is 0. The lowest BCUT2D eigenvalue weighted by molar-refractivity contribution is -0.138. The van der Waals surface area contributed by atoms with Gasteiger partial charge in [0.25, 0.3) is 5.56 Å². The number of nitrogens with zero attached hydrogens (tertiary/aromatic N) is 4. The maximum absolute atomic E-state index is 13.6. The Morgan fingerprint density at radius 2 is 1.94 bits per heavy atom. The molecule has 0 radical (unpaired) electrons. The minimum absolute atomic E-state index is 0.0171. The first kappa shape index (κ1) is 21.1. The fraction of sp³-hybridized carbons (Fsp3) is 0.583. The number of carbonyl (C=O) groups excluding carboxylic acids is 2. The highest BCUT2D eigenvalue weighted by molar-refractivity contribution is 5.89. The van der Waals surface area contributed by atoms with Crippen LogP contribution in [0.15, 0.2) is 29.1 Å². The third-order valence-corrected chi connectivity index (χ3v) is 7.11. The van der Waals surface area contributed by atoms with E-state index >= 15 is 0 Å². The molecule has 2 aromatic rings. The number of fused-ring (bicyclic) bond motifs is 4. The molecule has 3 atom stereocenters. The van der Waals surface area contributed by atoms with Crippen molar-refractivity contribution < 1.29 is 14.3 Å². The molecule has 5 rings (SSSR count). The van der Waals surface area contributed by atoms with Gasteiger partial charge in [-0.2, -0.15) is 0 Å². The molecule has 32 heavy (non-hydrogen) atoms. The summed E-state index contributed by atoms with van der Waals surface area (Å²) in [6, 6.07) is 7.45. The number of benzene rings is 1. The van der Waals surface area contributed by atoms with Crippen LogP contribution in [0.4, 0.5) is 0 Å². The second-order valence-electron chi connectivity index (χ2n) is 9.09. The van der Waals surface area contributed by atoms with Crippen LogP contribution in [0, 0.1) is 5.92 Å². The van der Waals surface area contributed by atoms with E-state index < -0.39 is 0 Å². The molecule has 1 aromatic carbocycles. The van der Waals surface area contributed by atoms with Crippen LogP contribution in [-0.2, 0) is 27.3 Å². The molecular formula is C24H30N4O4. The van der Waals surface area contributed by atoms with Crippen LogP contribution in [0.3, 0.4) is 0 Å². The summed E-state index contributed by atoms with van der Waals surface area (Å²) in [5.74, 6) is 0.569. The van der Waals surface area contributed by atoms with Crippen LogP contribution in [0.5, 0.6) is 0 Å². The quantitative estimate of drug-likeness (QED) is 0.640. The first-order valence-corrected chi connectivity index (χ1v) is 11.7. The minimum atomic E-state index is -0.303. The van der Waals surface area contributed by atoms with Crippen molar-refractivity contribution in [2.24, 2.45) is 5.92 Å². The molecule has 4 heterocycles. The molecule has 0 N–H and O–H groups in total. The zero-order valence-corrected chi connectivity index (χ0v) is 18.5. The Balaban J connectivity index is 1.34. The van der Waals surface area contributed by atoms with Crippen molar-refractivity contribution in [2.45, 2.75) is 57.7 Å². The number of hydrogen-bond acceptors (Lipinski definition) is 5. The third kappa shape index (κ3) is 3.70. The highest BCUT2D eigenvalue weighted by Gasteiger charge is 2.45. The molecule has 0 aliphatic carbocycles. The number of para-hydroxylation sites is 1. The standard InChI is InChI=1S/C24H30N4O4/c1-2-32-11-5-10-26-14-16(12-22(26)29)23(30)28-17-8-9-18(28)15-27-21(13-17)25-20-7-4-3-6-19(20)24(27)31/h3-4,6-7,16-18H,2,5,8-15H2,1H3. The second kappa shape index (κ2) is 8.65. The molecule has 8 heteroatoms. The first-order valence-electron chi connectivity index (χ1n) is 11.7. The van der Waals surface area contributed by atoms with Crippen molar-refractivity contribution in [2.75, 3.05) is 26.3 Å². The van der Waals surface area contributed by atoms with E-state index in [1.807, 2.05) is 36.1 Å². The smallest absolute Gasteiger partial charge is 0.261 e. The van der Waals surface area contributed by atoms with Gasteiger partial charge in [-0.15, -0.1) is 0 Å². The summed E-state index contributed by atoms with van der Waals surface area (Å²) in [7, 11) is 0. The molecule has 2 amide bonds. The van der Waals surface area contributed by atoms with E-state index in [9.17, 15) is 14.4 Å². The number of aromatic nitrogens is 2. The zero-order valence-electron chi connectivity index (χ0n) is 18.5. The van der Waals surface area contributed by atoms with Crippen LogP contribution < -0.4 is 5.56 Å². The lowest BCUT2D eigenvalue weighted by Crippen LogP contribution is -2.46. The average molecular weight is 439 g/mol. The second-order valence-corrected chi connectivity index (χ2v) is 9.09. The van der Waals surface area contributed by atoms with Gasteiger partial charge in [0, 0.05) is 51.7 Å². The molecular weight excluding hydrogens is 408 g/mol. The summed E-state index contributed by atoms with van der Waals surface area (Å²) >= 11 is 0. The third-order valence-electron chi connectivity index (χ3n) is 7.11. The van der Waals surface area contributed by atoms with E-state index in [1.54, 1.807) is 9.47 Å². The molecule has 2 saturated heterocycles. The molecule has 3 aliphatic rings. The molecule has 2 bridgehead atoms. The van der Waals surface area contributed by atoms with Crippen molar-refractivity contribution in [1.29, 1.82) is 0 Å². The molecule has 170 valence electrons. The first-order chi connectivity index (χ1) is 15.6. The van der Waals surface area contributed by atoms with Crippen molar-refractivity contribution in [3.63, 3.8) is 0 Å². The largest absolute Gasteiger partial charge is 0.382 e. The van der Waals surface area contributed by atoms with Crippen LogP contribution >= 0.6 is 0 Å². The van der Waals surface area contributed by atoms with Gasteiger partial charge in [0.05, 0.1) is 22.9 Å². The monoisotopic (exact) mass is 438 g/mol. The van der Waals surface area contributed by atoms with Crippen LogP contribution in [0.1, 0.15) is 38.4 Å². The van der Waals surface area contributed by atoms with E-state index in [0.717, 1.165) is 25.1 Å². The number of ether oxygens (including phenoxy) is 1. The molecule has 0 spiro atoms. The summed E-state index contributed by atoms with van der Waals surface area (Å²) in [4.78, 5) is 47.7. The maximum atomic E-state index is 13.6. The van der Waals surface area contributed by atoms with Crippen molar-refractivity contribution in [3.8, 4) is 0 Å². The summed E-state index contributed by atoms with van der Waals surface area (Å²) < 4.78 is 7.14. The van der Waals surface area contributed by atoms with Gasteiger partial charge in [-0.05, 0) is 38.3 Å². The molecule has 8 nitrogen and oxygen atoms in total. The summed E-state index contributed by atoms with van der Waals surface area (Å²) in [6.45, 7) is 4.84. The van der Waals surface area contributed by atoms with E-state index in [4.69, 9.17) is 9.72 Å². The number of carbonyl (C=O) groups is 2. The van der Waals surface area contributed by atoms with Crippen molar-refractivity contribution in [1.82, 2.24) is 19.4 Å². The average Bonchev–Trinajstić information content (AvgIpc) is 3.30. The topological polar surface area (TPSA) is 84.7 Å². The van der Waals surface area contributed by atoms with Gasteiger partial charge >= 0.3 is 0 Å². The molecule has 3 unspecified atom stereocenters. The molecule has 2 fully saturated rings. The van der Waals surface area contributed by atoms with E-state index in [0.29, 0.717) is 50.2 Å². The summed E-state index contributed by atoms with van der Waals surface area (Å²) in [5, 5.41) is 0.621. The van der Waals surface area contributed by atoms with Crippen LogP contribution in [0.25, 0.3) is 10.9 Å². The van der Waals surface area contributed by atoms with Crippen molar-refractivity contribution >= 4 is 22.7 Å². The predicted molar refractivity (Wildman–Crippen MR) is 119 cm³/mol.